The molecule has 0 amide bonds. The van der Waals surface area contributed by atoms with Crippen molar-refractivity contribution in [1.29, 1.82) is 0 Å². The summed E-state index contributed by atoms with van der Waals surface area (Å²) in [7, 11) is 0. The summed E-state index contributed by atoms with van der Waals surface area (Å²) in [6.45, 7) is 11.9. The van der Waals surface area contributed by atoms with Crippen molar-refractivity contribution in [2.75, 3.05) is 19.8 Å². The first-order valence-electron chi connectivity index (χ1n) is 16.3. The largest absolute Gasteiger partial charge is 0.465 e. The topological polar surface area (TPSA) is 72.8 Å². The molecule has 3 unspecified atom stereocenters. The summed E-state index contributed by atoms with van der Waals surface area (Å²) in [6, 6.07) is 9.25. The third kappa shape index (κ3) is 10.6. The van der Waals surface area contributed by atoms with Crippen molar-refractivity contribution >= 4 is 17.5 Å². The Morgan fingerprint density at radius 3 is 2.31 bits per heavy atom. The zero-order chi connectivity index (χ0) is 30.5. The number of carbonyl (C=O) groups is 2. The summed E-state index contributed by atoms with van der Waals surface area (Å²) in [6.07, 6.45) is 17.5. The maximum absolute atomic E-state index is 12.0. The fourth-order valence-electron chi connectivity index (χ4n) is 6.37. The first-order valence-corrected chi connectivity index (χ1v) is 16.3. The molecule has 2 aliphatic rings. The normalized spacial score (nSPS) is 21.0. The van der Waals surface area contributed by atoms with Gasteiger partial charge in [0.2, 0.25) is 0 Å². The number of esters is 2. The van der Waals surface area contributed by atoms with E-state index in [2.05, 4.69) is 56.8 Å². The molecule has 0 spiro atoms. The molecule has 5 nitrogen and oxygen atoms in total. The molecular formula is C37H54O5. The SMILES string of the molecule is C=C(C)C(=O)OCC(CCOC(=O)C(C)CO)C1=CC=C(c2ccc(C3CCC(CC(C)CCCC)CC3)cc2)CC1. The number of carbonyl (C=O) groups excluding carboxylic acids is 2. The molecule has 2 aliphatic carbocycles. The Morgan fingerprint density at radius 1 is 1.00 bits per heavy atom. The Bertz CT molecular complexity index is 1070. The van der Waals surface area contributed by atoms with Crippen molar-refractivity contribution < 1.29 is 24.2 Å². The first kappa shape index (κ1) is 33.8. The van der Waals surface area contributed by atoms with Crippen LogP contribution < -0.4 is 0 Å². The molecule has 0 aromatic heterocycles. The van der Waals surface area contributed by atoms with Gasteiger partial charge in [-0.05, 0) is 99.7 Å². The van der Waals surface area contributed by atoms with Crippen LogP contribution in [0.3, 0.4) is 0 Å². The van der Waals surface area contributed by atoms with E-state index in [9.17, 15) is 14.7 Å². The molecule has 0 heterocycles. The Hall–Kier alpha value is -2.66. The quantitative estimate of drug-likeness (QED) is 0.157. The van der Waals surface area contributed by atoms with Gasteiger partial charge in [0.15, 0.2) is 0 Å². The third-order valence-corrected chi connectivity index (χ3v) is 9.24. The van der Waals surface area contributed by atoms with E-state index in [0.29, 0.717) is 17.9 Å². The zero-order valence-corrected chi connectivity index (χ0v) is 26.5. The number of benzene rings is 1. The molecule has 0 aliphatic heterocycles. The van der Waals surface area contributed by atoms with Gasteiger partial charge >= 0.3 is 11.9 Å². The minimum atomic E-state index is -0.547. The number of hydrogen-bond donors (Lipinski definition) is 1. The van der Waals surface area contributed by atoms with E-state index in [1.165, 1.54) is 73.6 Å². The molecule has 0 radical (unpaired) electrons. The van der Waals surface area contributed by atoms with Crippen molar-refractivity contribution in [3.05, 3.63) is 65.3 Å². The smallest absolute Gasteiger partial charge is 0.333 e. The second-order valence-corrected chi connectivity index (χ2v) is 12.9. The number of hydrogen-bond acceptors (Lipinski definition) is 5. The van der Waals surface area contributed by atoms with Crippen LogP contribution in [0.4, 0.5) is 0 Å². The van der Waals surface area contributed by atoms with Crippen LogP contribution >= 0.6 is 0 Å². The molecule has 1 fully saturated rings. The molecule has 1 saturated carbocycles. The molecular weight excluding hydrogens is 524 g/mol. The predicted molar refractivity (Wildman–Crippen MR) is 171 cm³/mol. The van der Waals surface area contributed by atoms with Gasteiger partial charge < -0.3 is 14.6 Å². The lowest BCUT2D eigenvalue weighted by Crippen LogP contribution is -2.22. The third-order valence-electron chi connectivity index (χ3n) is 9.24. The highest BCUT2D eigenvalue weighted by molar-refractivity contribution is 5.86. The van der Waals surface area contributed by atoms with Crippen LogP contribution in [-0.4, -0.2) is 36.9 Å². The van der Waals surface area contributed by atoms with Crippen LogP contribution in [0.5, 0.6) is 0 Å². The van der Waals surface area contributed by atoms with E-state index in [1.54, 1.807) is 13.8 Å². The molecule has 0 bridgehead atoms. The first-order chi connectivity index (χ1) is 20.2. The van der Waals surface area contributed by atoms with Gasteiger partial charge in [0.1, 0.15) is 0 Å². The lowest BCUT2D eigenvalue weighted by molar-refractivity contribution is -0.150. The van der Waals surface area contributed by atoms with Crippen LogP contribution in [0.15, 0.2) is 54.1 Å². The highest BCUT2D eigenvalue weighted by Gasteiger charge is 2.24. The summed E-state index contributed by atoms with van der Waals surface area (Å²) < 4.78 is 10.8. The van der Waals surface area contributed by atoms with E-state index in [4.69, 9.17) is 9.47 Å². The van der Waals surface area contributed by atoms with Gasteiger partial charge in [-0.15, -0.1) is 0 Å². The van der Waals surface area contributed by atoms with Crippen molar-refractivity contribution in [1.82, 2.24) is 0 Å². The maximum Gasteiger partial charge on any atom is 0.333 e. The van der Waals surface area contributed by atoms with Crippen LogP contribution in [0.2, 0.25) is 0 Å². The van der Waals surface area contributed by atoms with Gasteiger partial charge in [0.25, 0.3) is 0 Å². The van der Waals surface area contributed by atoms with Crippen molar-refractivity contribution in [3.63, 3.8) is 0 Å². The predicted octanol–water partition coefficient (Wildman–Crippen LogP) is 8.58. The number of aliphatic hydroxyl groups excluding tert-OH is 1. The standard InChI is InChI=1S/C37H54O5/c1-6-7-8-27(4)23-29-9-11-30(12-10-29)31-13-15-32(16-14-31)33-17-19-34(20-18-33)35(25-42-36(39)26(2)3)21-22-41-37(40)28(5)24-38/h13-17,19,27-30,35,38H,2,6-12,18,20-25H2,1,3-5H3. The highest BCUT2D eigenvalue weighted by atomic mass is 16.5. The van der Waals surface area contributed by atoms with E-state index >= 15 is 0 Å². The molecule has 3 atom stereocenters. The zero-order valence-electron chi connectivity index (χ0n) is 26.5. The monoisotopic (exact) mass is 578 g/mol. The van der Waals surface area contributed by atoms with Gasteiger partial charge in [-0.25, -0.2) is 4.79 Å². The Morgan fingerprint density at radius 2 is 1.71 bits per heavy atom. The van der Waals surface area contributed by atoms with Crippen molar-refractivity contribution in [3.8, 4) is 0 Å². The second kappa shape index (κ2) is 17.5. The summed E-state index contributed by atoms with van der Waals surface area (Å²) >= 11 is 0. The van der Waals surface area contributed by atoms with Crippen LogP contribution in [-0.2, 0) is 19.1 Å². The van der Waals surface area contributed by atoms with Gasteiger partial charge in [-0.2, -0.15) is 0 Å². The minimum absolute atomic E-state index is 0.0459. The fraction of sp³-hybridized carbons (Fsp3) is 0.622. The number of aliphatic hydroxyl groups is 1. The van der Waals surface area contributed by atoms with Crippen molar-refractivity contribution in [2.24, 2.45) is 23.7 Å². The number of unbranched alkanes of at least 4 members (excludes halogenated alkanes) is 1. The van der Waals surface area contributed by atoms with Gasteiger partial charge in [0.05, 0.1) is 25.7 Å². The molecule has 232 valence electrons. The number of allylic oxidation sites excluding steroid dienone is 3. The summed E-state index contributed by atoms with van der Waals surface area (Å²) in [5.74, 6) is 1.04. The Labute approximate surface area is 254 Å². The van der Waals surface area contributed by atoms with E-state index < -0.39 is 17.9 Å². The van der Waals surface area contributed by atoms with Gasteiger partial charge in [-0.3, -0.25) is 4.79 Å². The number of rotatable bonds is 16. The molecule has 42 heavy (non-hydrogen) atoms. The molecule has 1 aromatic carbocycles. The van der Waals surface area contributed by atoms with Crippen LogP contribution in [0.1, 0.15) is 115 Å². The average molecular weight is 579 g/mol. The summed E-state index contributed by atoms with van der Waals surface area (Å²) in [5.41, 5.74) is 5.62. The molecule has 3 rings (SSSR count). The average Bonchev–Trinajstić information content (AvgIpc) is 3.01. The Balaban J connectivity index is 1.57. The lowest BCUT2D eigenvalue weighted by Gasteiger charge is -2.30. The number of ether oxygens (including phenoxy) is 2. The summed E-state index contributed by atoms with van der Waals surface area (Å²) in [5, 5.41) is 9.19. The van der Waals surface area contributed by atoms with Gasteiger partial charge in [0, 0.05) is 11.5 Å². The van der Waals surface area contributed by atoms with E-state index in [0.717, 1.165) is 24.7 Å². The summed E-state index contributed by atoms with van der Waals surface area (Å²) in [4.78, 5) is 24.0. The van der Waals surface area contributed by atoms with Crippen molar-refractivity contribution in [2.45, 2.75) is 104 Å². The fourth-order valence-corrected chi connectivity index (χ4v) is 6.37. The van der Waals surface area contributed by atoms with E-state index in [1.807, 2.05) is 0 Å². The van der Waals surface area contributed by atoms with E-state index in [-0.39, 0.29) is 25.7 Å². The molecule has 1 aromatic rings. The van der Waals surface area contributed by atoms with Gasteiger partial charge in [-0.1, -0.05) is 81.7 Å². The second-order valence-electron chi connectivity index (χ2n) is 12.9. The minimum Gasteiger partial charge on any atom is -0.465 e. The maximum atomic E-state index is 12.0. The van der Waals surface area contributed by atoms with Crippen LogP contribution in [0.25, 0.3) is 5.57 Å². The lowest BCUT2D eigenvalue weighted by atomic mass is 9.75. The Kier molecular flexibility index (Phi) is 14.1. The molecule has 1 N–H and O–H groups in total. The van der Waals surface area contributed by atoms with Crippen LogP contribution in [0, 0.1) is 23.7 Å². The molecule has 5 heteroatoms. The highest BCUT2D eigenvalue weighted by Crippen LogP contribution is 2.39. The molecule has 0 saturated heterocycles.